The molecule has 0 saturated carbocycles. The Balaban J connectivity index is 2.14. The Bertz CT molecular complexity index is 483. The average Bonchev–Trinajstić information content (AvgIpc) is 2.64. The van der Waals surface area contributed by atoms with Gasteiger partial charge >= 0.3 is 0 Å². The van der Waals surface area contributed by atoms with Crippen LogP contribution >= 0.6 is 22.9 Å². The molecule has 0 radical (unpaired) electrons. The molecule has 1 N–H and O–H groups in total. The molecule has 0 aliphatic carbocycles. The summed E-state index contributed by atoms with van der Waals surface area (Å²) in [7, 11) is 0. The van der Waals surface area contributed by atoms with Gasteiger partial charge in [0.2, 0.25) is 0 Å². The van der Waals surface area contributed by atoms with Gasteiger partial charge in [0.05, 0.1) is 10.4 Å². The summed E-state index contributed by atoms with van der Waals surface area (Å²) in [6.07, 6.45) is -0.436. The summed E-state index contributed by atoms with van der Waals surface area (Å²) in [6, 6.07) is 9.87. The van der Waals surface area contributed by atoms with Gasteiger partial charge in [0, 0.05) is 16.9 Å². The van der Waals surface area contributed by atoms with Crippen molar-refractivity contribution >= 4 is 22.9 Å². The average molecular weight is 257 g/mol. The van der Waals surface area contributed by atoms with Crippen LogP contribution < -0.4 is 0 Å². The van der Waals surface area contributed by atoms with E-state index in [1.165, 1.54) is 17.4 Å². The first-order valence-electron chi connectivity index (χ1n) is 4.83. The maximum atomic E-state index is 13.4. The molecule has 1 heterocycles. The van der Waals surface area contributed by atoms with Crippen LogP contribution in [0.15, 0.2) is 36.4 Å². The number of aliphatic hydroxyl groups is 1. The molecule has 0 bridgehead atoms. The van der Waals surface area contributed by atoms with Crippen molar-refractivity contribution < 1.29 is 9.50 Å². The Hall–Kier alpha value is -0.900. The summed E-state index contributed by atoms with van der Waals surface area (Å²) in [4.78, 5) is 0.945. The topological polar surface area (TPSA) is 20.2 Å². The van der Waals surface area contributed by atoms with Crippen molar-refractivity contribution in [3.8, 4) is 0 Å². The molecule has 1 atom stereocenters. The lowest BCUT2D eigenvalue weighted by Gasteiger charge is -2.10. The normalized spacial score (nSPS) is 12.7. The number of hydrogen-bond donors (Lipinski definition) is 1. The van der Waals surface area contributed by atoms with Crippen LogP contribution in [0.25, 0.3) is 0 Å². The second-order valence-corrected chi connectivity index (χ2v) is 5.25. The maximum Gasteiger partial charge on any atom is 0.129 e. The molecule has 1 unspecified atom stereocenters. The molecule has 1 aromatic carbocycles. The lowest BCUT2D eigenvalue weighted by molar-refractivity contribution is 0.174. The highest BCUT2D eigenvalue weighted by atomic mass is 35.5. The Kier molecular flexibility index (Phi) is 3.59. The fourth-order valence-corrected chi connectivity index (χ4v) is 2.63. The molecule has 0 fully saturated rings. The van der Waals surface area contributed by atoms with E-state index in [1.807, 2.05) is 6.07 Å². The number of hydrogen-bond acceptors (Lipinski definition) is 2. The first kappa shape index (κ1) is 11.6. The minimum Gasteiger partial charge on any atom is -0.388 e. The molecule has 2 rings (SSSR count). The molecule has 1 aromatic heterocycles. The van der Waals surface area contributed by atoms with Gasteiger partial charge in [-0.3, -0.25) is 0 Å². The van der Waals surface area contributed by atoms with Gasteiger partial charge < -0.3 is 5.11 Å². The van der Waals surface area contributed by atoms with E-state index in [9.17, 15) is 9.50 Å². The van der Waals surface area contributed by atoms with Crippen LogP contribution in [-0.2, 0) is 6.42 Å². The molecule has 16 heavy (non-hydrogen) atoms. The third-order valence-corrected chi connectivity index (χ3v) is 3.54. The highest BCUT2D eigenvalue weighted by molar-refractivity contribution is 7.16. The zero-order valence-electron chi connectivity index (χ0n) is 8.36. The van der Waals surface area contributed by atoms with Gasteiger partial charge in [-0.25, -0.2) is 4.39 Å². The minimum absolute atomic E-state index is 0.326. The number of halogens is 2. The number of benzene rings is 1. The van der Waals surface area contributed by atoms with E-state index >= 15 is 0 Å². The van der Waals surface area contributed by atoms with Crippen LogP contribution in [-0.4, -0.2) is 5.11 Å². The van der Waals surface area contributed by atoms with Crippen molar-refractivity contribution in [2.24, 2.45) is 0 Å². The van der Waals surface area contributed by atoms with E-state index in [0.717, 1.165) is 4.88 Å². The Morgan fingerprint density at radius 3 is 2.62 bits per heavy atom. The van der Waals surface area contributed by atoms with Crippen molar-refractivity contribution in [2.75, 3.05) is 0 Å². The van der Waals surface area contributed by atoms with Gasteiger partial charge in [-0.1, -0.05) is 29.8 Å². The zero-order valence-corrected chi connectivity index (χ0v) is 9.93. The third-order valence-electron chi connectivity index (χ3n) is 2.29. The first-order chi connectivity index (χ1) is 7.66. The van der Waals surface area contributed by atoms with E-state index in [2.05, 4.69) is 0 Å². The van der Waals surface area contributed by atoms with Crippen molar-refractivity contribution in [2.45, 2.75) is 12.5 Å². The molecule has 0 saturated heterocycles. The van der Waals surface area contributed by atoms with E-state index in [1.54, 1.807) is 24.3 Å². The van der Waals surface area contributed by atoms with E-state index in [4.69, 9.17) is 11.6 Å². The van der Waals surface area contributed by atoms with E-state index in [0.29, 0.717) is 16.3 Å². The van der Waals surface area contributed by atoms with Crippen LogP contribution in [0.2, 0.25) is 4.34 Å². The van der Waals surface area contributed by atoms with Gasteiger partial charge in [0.1, 0.15) is 5.82 Å². The van der Waals surface area contributed by atoms with Gasteiger partial charge in [-0.15, -0.1) is 11.3 Å². The molecular formula is C12H10ClFOS. The second kappa shape index (κ2) is 4.95. The highest BCUT2D eigenvalue weighted by Gasteiger charge is 2.13. The smallest absolute Gasteiger partial charge is 0.129 e. The minimum atomic E-state index is -0.823. The van der Waals surface area contributed by atoms with Gasteiger partial charge in [-0.05, 0) is 18.2 Å². The van der Waals surface area contributed by atoms with Gasteiger partial charge in [0.25, 0.3) is 0 Å². The van der Waals surface area contributed by atoms with Crippen LogP contribution in [0.4, 0.5) is 4.39 Å². The summed E-state index contributed by atoms with van der Waals surface area (Å²) >= 11 is 7.18. The predicted octanol–water partition coefficient (Wildman–Crippen LogP) is 3.82. The summed E-state index contributed by atoms with van der Waals surface area (Å²) in [6.45, 7) is 0. The molecule has 0 amide bonds. The van der Waals surface area contributed by atoms with E-state index in [-0.39, 0.29) is 5.82 Å². The molecule has 0 spiro atoms. The largest absolute Gasteiger partial charge is 0.388 e. The fraction of sp³-hybridized carbons (Fsp3) is 0.167. The summed E-state index contributed by atoms with van der Waals surface area (Å²) in [5.41, 5.74) is 0.326. The first-order valence-corrected chi connectivity index (χ1v) is 6.03. The lowest BCUT2D eigenvalue weighted by atomic mass is 10.1. The van der Waals surface area contributed by atoms with Crippen LogP contribution in [0, 0.1) is 5.82 Å². The quantitative estimate of drug-likeness (QED) is 0.885. The van der Waals surface area contributed by atoms with Gasteiger partial charge in [-0.2, -0.15) is 0 Å². The molecule has 84 valence electrons. The van der Waals surface area contributed by atoms with Crippen molar-refractivity contribution in [3.05, 3.63) is 57.0 Å². The monoisotopic (exact) mass is 256 g/mol. The summed E-state index contributed by atoms with van der Waals surface area (Å²) in [5, 5.41) is 9.89. The molecule has 0 aliphatic rings. The van der Waals surface area contributed by atoms with Crippen LogP contribution in [0.5, 0.6) is 0 Å². The van der Waals surface area contributed by atoms with Crippen molar-refractivity contribution in [1.82, 2.24) is 0 Å². The third kappa shape index (κ3) is 2.61. The SMILES string of the molecule is OC(Cc1ccc(Cl)s1)c1ccccc1F. The Labute approximate surface area is 102 Å². The second-order valence-electron chi connectivity index (χ2n) is 3.45. The molecule has 1 nitrogen and oxygen atoms in total. The van der Waals surface area contributed by atoms with Gasteiger partial charge in [0.15, 0.2) is 0 Å². The van der Waals surface area contributed by atoms with Crippen molar-refractivity contribution in [3.63, 3.8) is 0 Å². The maximum absolute atomic E-state index is 13.4. The Morgan fingerprint density at radius 2 is 2.00 bits per heavy atom. The lowest BCUT2D eigenvalue weighted by Crippen LogP contribution is -2.02. The van der Waals surface area contributed by atoms with E-state index < -0.39 is 6.10 Å². The standard InChI is InChI=1S/C12H10ClFOS/c13-12-6-5-8(16-12)7-11(15)9-3-1-2-4-10(9)14/h1-6,11,15H,7H2. The van der Waals surface area contributed by atoms with Crippen LogP contribution in [0.1, 0.15) is 16.5 Å². The number of aliphatic hydroxyl groups excluding tert-OH is 1. The zero-order chi connectivity index (χ0) is 11.5. The molecule has 0 aliphatic heterocycles. The summed E-state index contributed by atoms with van der Waals surface area (Å²) in [5.74, 6) is -0.377. The van der Waals surface area contributed by atoms with Crippen LogP contribution in [0.3, 0.4) is 0 Å². The Morgan fingerprint density at radius 1 is 1.25 bits per heavy atom. The number of thiophene rings is 1. The highest BCUT2D eigenvalue weighted by Crippen LogP contribution is 2.27. The molecule has 2 aromatic rings. The fourth-order valence-electron chi connectivity index (χ4n) is 1.51. The molecule has 4 heteroatoms. The summed E-state index contributed by atoms with van der Waals surface area (Å²) < 4.78 is 14.0. The molecular weight excluding hydrogens is 247 g/mol. The number of rotatable bonds is 3. The van der Waals surface area contributed by atoms with Crippen molar-refractivity contribution in [1.29, 1.82) is 0 Å². The predicted molar refractivity (Wildman–Crippen MR) is 64.4 cm³/mol.